The summed E-state index contributed by atoms with van der Waals surface area (Å²) in [6.07, 6.45) is 0. The molecule has 1 heterocycles. The summed E-state index contributed by atoms with van der Waals surface area (Å²) in [7, 11) is 1.42. The van der Waals surface area contributed by atoms with Gasteiger partial charge in [0.15, 0.2) is 11.6 Å². The Kier molecular flexibility index (Phi) is 7.18. The van der Waals surface area contributed by atoms with E-state index >= 15 is 0 Å². The van der Waals surface area contributed by atoms with Gasteiger partial charge in [0, 0.05) is 18.8 Å². The smallest absolute Gasteiger partial charge is 0.337 e. The average Bonchev–Trinajstić information content (AvgIpc) is 2.61. The lowest BCUT2D eigenvalue weighted by atomic mass is 10.0. The third-order valence-corrected chi connectivity index (χ3v) is 4.32. The minimum absolute atomic E-state index is 0.188. The van der Waals surface area contributed by atoms with Crippen LogP contribution in [0.3, 0.4) is 0 Å². The highest BCUT2D eigenvalue weighted by molar-refractivity contribution is 5.94. The zero-order valence-electron chi connectivity index (χ0n) is 16.1. The molecule has 1 aliphatic rings. The van der Waals surface area contributed by atoms with Crippen LogP contribution in [0, 0.1) is 5.82 Å². The van der Waals surface area contributed by atoms with Gasteiger partial charge in [0.1, 0.15) is 0 Å². The summed E-state index contributed by atoms with van der Waals surface area (Å²) >= 11 is 0. The number of hydrogen-bond donors (Lipinski definition) is 2. The average molecular weight is 379 g/mol. The van der Waals surface area contributed by atoms with Crippen LogP contribution in [0.5, 0.6) is 5.75 Å². The van der Waals surface area contributed by atoms with Gasteiger partial charge in [-0.3, -0.25) is 4.90 Å². The predicted molar refractivity (Wildman–Crippen MR) is 98.7 cm³/mol. The number of likely N-dealkylation sites (N-methyl/N-ethyl adjacent to an activating group) is 1. The lowest BCUT2D eigenvalue weighted by Gasteiger charge is -2.30. The maximum Gasteiger partial charge on any atom is 0.337 e. The Balaban J connectivity index is 2.23. The minimum atomic E-state index is -0.459. The fraction of sp³-hybridized carbons (Fsp3) is 0.474. The summed E-state index contributed by atoms with van der Waals surface area (Å²) in [5.74, 6) is -0.700. The summed E-state index contributed by atoms with van der Waals surface area (Å²) in [5, 5.41) is 5.38. The molecule has 7 nitrogen and oxygen atoms in total. The van der Waals surface area contributed by atoms with Gasteiger partial charge in [-0.05, 0) is 38.1 Å². The Hall–Kier alpha value is -2.61. The van der Waals surface area contributed by atoms with Crippen molar-refractivity contribution in [3.63, 3.8) is 0 Å². The van der Waals surface area contributed by atoms with Gasteiger partial charge in [-0.2, -0.15) is 0 Å². The van der Waals surface area contributed by atoms with Crippen LogP contribution in [0.1, 0.15) is 26.3 Å². The number of ether oxygens (including phenoxy) is 2. The Morgan fingerprint density at radius 2 is 2.04 bits per heavy atom. The van der Waals surface area contributed by atoms with Crippen molar-refractivity contribution in [2.75, 3.05) is 26.8 Å². The van der Waals surface area contributed by atoms with Crippen molar-refractivity contribution in [2.24, 2.45) is 0 Å². The van der Waals surface area contributed by atoms with Crippen molar-refractivity contribution in [1.29, 1.82) is 0 Å². The largest absolute Gasteiger partial charge is 0.494 e. The van der Waals surface area contributed by atoms with Gasteiger partial charge >= 0.3 is 12.0 Å². The van der Waals surface area contributed by atoms with Crippen molar-refractivity contribution in [2.45, 2.75) is 33.4 Å². The molecule has 2 amide bonds. The van der Waals surface area contributed by atoms with Crippen LogP contribution >= 0.6 is 0 Å². The van der Waals surface area contributed by atoms with Crippen LogP contribution in [0.15, 0.2) is 29.5 Å². The molecular formula is C19H26FN3O4. The first-order valence-electron chi connectivity index (χ1n) is 8.92. The number of carbonyl (C=O) groups excluding carboxylic acids is 2. The van der Waals surface area contributed by atoms with Gasteiger partial charge in [-0.25, -0.2) is 14.0 Å². The molecule has 0 bridgehead atoms. The number of nitrogens with zero attached hydrogens (tertiary/aromatic N) is 1. The first-order chi connectivity index (χ1) is 12.9. The van der Waals surface area contributed by atoms with Crippen molar-refractivity contribution in [1.82, 2.24) is 15.5 Å². The van der Waals surface area contributed by atoms with Crippen molar-refractivity contribution < 1.29 is 23.5 Å². The molecular weight excluding hydrogens is 353 g/mol. The van der Waals surface area contributed by atoms with Gasteiger partial charge in [0.25, 0.3) is 0 Å². The number of urea groups is 1. The lowest BCUT2D eigenvalue weighted by Crippen LogP contribution is -2.51. The fourth-order valence-electron chi connectivity index (χ4n) is 2.97. The quantitative estimate of drug-likeness (QED) is 0.677. The molecule has 1 unspecified atom stereocenters. The van der Waals surface area contributed by atoms with E-state index in [9.17, 15) is 14.0 Å². The first-order valence-corrected chi connectivity index (χ1v) is 8.92. The third-order valence-electron chi connectivity index (χ3n) is 4.32. The number of amides is 2. The number of benzene rings is 1. The maximum atomic E-state index is 13.9. The number of hydrogen-bond acceptors (Lipinski definition) is 5. The Morgan fingerprint density at radius 3 is 2.63 bits per heavy atom. The highest BCUT2D eigenvalue weighted by Crippen LogP contribution is 2.20. The van der Waals surface area contributed by atoms with Crippen LogP contribution in [-0.4, -0.2) is 49.7 Å². The van der Waals surface area contributed by atoms with E-state index in [1.165, 1.54) is 13.2 Å². The Bertz CT molecular complexity index is 736. The van der Waals surface area contributed by atoms with Crippen molar-refractivity contribution in [3.05, 3.63) is 40.8 Å². The summed E-state index contributed by atoms with van der Waals surface area (Å²) in [5.41, 5.74) is 1.66. The number of methoxy groups -OCH3 is 1. The number of halogens is 1. The van der Waals surface area contributed by atoms with Crippen molar-refractivity contribution >= 4 is 12.0 Å². The van der Waals surface area contributed by atoms with E-state index < -0.39 is 17.8 Å². The molecule has 2 N–H and O–H groups in total. The molecule has 0 fully saturated rings. The summed E-state index contributed by atoms with van der Waals surface area (Å²) in [6.45, 7) is 7.10. The molecule has 0 radical (unpaired) electrons. The second kappa shape index (κ2) is 9.36. The second-order valence-electron chi connectivity index (χ2n) is 6.21. The van der Waals surface area contributed by atoms with Crippen LogP contribution < -0.4 is 15.4 Å². The molecule has 0 saturated heterocycles. The van der Waals surface area contributed by atoms with E-state index in [1.807, 2.05) is 11.8 Å². The highest BCUT2D eigenvalue weighted by atomic mass is 19.1. The van der Waals surface area contributed by atoms with E-state index in [0.717, 1.165) is 5.56 Å². The number of nitrogens with one attached hydrogen (secondary N) is 2. The predicted octanol–water partition coefficient (Wildman–Crippen LogP) is 2.17. The zero-order chi connectivity index (χ0) is 20.0. The number of esters is 1. The van der Waals surface area contributed by atoms with E-state index in [-0.39, 0.29) is 18.4 Å². The highest BCUT2D eigenvalue weighted by Gasteiger charge is 2.30. The Labute approximate surface area is 158 Å². The number of rotatable bonds is 8. The van der Waals surface area contributed by atoms with Gasteiger partial charge in [0.05, 0.1) is 25.3 Å². The monoisotopic (exact) mass is 379 g/mol. The molecule has 0 saturated carbocycles. The molecule has 0 spiro atoms. The van der Waals surface area contributed by atoms with Gasteiger partial charge in [-0.1, -0.05) is 13.0 Å². The standard InChI is InChI=1S/C19H26FN3O4/c1-5-23(10-13-7-8-16(26-4)14(20)9-13)11-15-17(18(24)27-6-2)12(3)21-19(25)22-15/h7-9,12H,5-6,10-11H2,1-4H3,(H2,21,22,25). The molecule has 1 aromatic carbocycles. The van der Waals surface area contributed by atoms with E-state index in [1.54, 1.807) is 26.0 Å². The van der Waals surface area contributed by atoms with Crippen LogP contribution in [0.4, 0.5) is 9.18 Å². The molecule has 1 atom stereocenters. The van der Waals surface area contributed by atoms with Crippen LogP contribution in [0.25, 0.3) is 0 Å². The van der Waals surface area contributed by atoms with Gasteiger partial charge < -0.3 is 20.1 Å². The molecule has 1 aromatic rings. The topological polar surface area (TPSA) is 79.9 Å². The normalized spacial score (nSPS) is 16.8. The minimum Gasteiger partial charge on any atom is -0.494 e. The summed E-state index contributed by atoms with van der Waals surface area (Å²) in [6, 6.07) is 3.97. The van der Waals surface area contributed by atoms with Crippen LogP contribution in [0.2, 0.25) is 0 Å². The van der Waals surface area contributed by atoms with Gasteiger partial charge in [-0.15, -0.1) is 0 Å². The van der Waals surface area contributed by atoms with E-state index in [4.69, 9.17) is 9.47 Å². The summed E-state index contributed by atoms with van der Waals surface area (Å²) < 4.78 is 24.0. The van der Waals surface area contributed by atoms with Gasteiger partial charge in [0.2, 0.25) is 0 Å². The molecule has 148 valence electrons. The lowest BCUT2D eigenvalue weighted by molar-refractivity contribution is -0.139. The molecule has 1 aliphatic heterocycles. The SMILES string of the molecule is CCOC(=O)C1=C(CN(CC)Cc2ccc(OC)c(F)c2)NC(=O)NC1C. The van der Waals surface area contributed by atoms with E-state index in [0.29, 0.717) is 30.9 Å². The van der Waals surface area contributed by atoms with Crippen LogP contribution in [-0.2, 0) is 16.1 Å². The molecule has 27 heavy (non-hydrogen) atoms. The molecule has 0 aromatic heterocycles. The Morgan fingerprint density at radius 1 is 1.30 bits per heavy atom. The molecule has 2 rings (SSSR count). The molecule has 0 aliphatic carbocycles. The number of carbonyl (C=O) groups is 2. The maximum absolute atomic E-state index is 13.9. The fourth-order valence-corrected chi connectivity index (χ4v) is 2.97. The zero-order valence-corrected chi connectivity index (χ0v) is 16.1. The van der Waals surface area contributed by atoms with Crippen molar-refractivity contribution in [3.8, 4) is 5.75 Å². The second-order valence-corrected chi connectivity index (χ2v) is 6.21. The molecule has 8 heteroatoms. The summed E-state index contributed by atoms with van der Waals surface area (Å²) in [4.78, 5) is 26.2. The third kappa shape index (κ3) is 5.19. The first kappa shape index (κ1) is 20.7. The van der Waals surface area contributed by atoms with E-state index in [2.05, 4.69) is 10.6 Å².